The number of rotatable bonds is 5. The van der Waals surface area contributed by atoms with Gasteiger partial charge in [0, 0.05) is 17.4 Å². The van der Waals surface area contributed by atoms with E-state index in [0.717, 1.165) is 36.3 Å². The fourth-order valence-electron chi connectivity index (χ4n) is 3.14. The zero-order valence-corrected chi connectivity index (χ0v) is 15.8. The lowest BCUT2D eigenvalue weighted by Gasteiger charge is -2.15. The van der Waals surface area contributed by atoms with Crippen LogP contribution in [0.4, 0.5) is 0 Å². The minimum atomic E-state index is -0.0367. The fourth-order valence-corrected chi connectivity index (χ4v) is 4.40. The van der Waals surface area contributed by atoms with Crippen molar-refractivity contribution in [1.82, 2.24) is 9.55 Å². The summed E-state index contributed by atoms with van der Waals surface area (Å²) in [5.74, 6) is 0.799. The van der Waals surface area contributed by atoms with Crippen LogP contribution in [0.25, 0.3) is 10.9 Å². The largest absolute Gasteiger partial charge is 0.377 e. The summed E-state index contributed by atoms with van der Waals surface area (Å²) in [5.41, 5.74) is 1.60. The maximum absolute atomic E-state index is 13.1. The highest BCUT2D eigenvalue weighted by Crippen LogP contribution is 2.25. The molecule has 0 bridgehead atoms. The van der Waals surface area contributed by atoms with Gasteiger partial charge < -0.3 is 4.74 Å². The highest BCUT2D eigenvalue weighted by Gasteiger charge is 2.18. The predicted octanol–water partition coefficient (Wildman–Crippen LogP) is 4.37. The molecule has 1 unspecified atom stereocenters. The summed E-state index contributed by atoms with van der Waals surface area (Å²) in [4.78, 5) is 17.8. The fraction of sp³-hybridized carbons (Fsp3) is 0.300. The number of benzene rings is 2. The van der Waals surface area contributed by atoms with Crippen molar-refractivity contribution in [2.75, 3.05) is 12.4 Å². The Morgan fingerprint density at radius 1 is 1.19 bits per heavy atom. The van der Waals surface area contributed by atoms with Crippen LogP contribution in [0.15, 0.2) is 58.5 Å². The molecule has 0 spiro atoms. The van der Waals surface area contributed by atoms with E-state index >= 15 is 0 Å². The third-order valence-corrected chi connectivity index (χ3v) is 6.01. The highest BCUT2D eigenvalue weighted by molar-refractivity contribution is 7.99. The Labute approximate surface area is 161 Å². The van der Waals surface area contributed by atoms with E-state index in [1.165, 1.54) is 0 Å². The lowest BCUT2D eigenvalue weighted by Crippen LogP contribution is -2.24. The van der Waals surface area contributed by atoms with Crippen LogP contribution in [-0.4, -0.2) is 28.0 Å². The Hall–Kier alpha value is -1.82. The number of hydrogen-bond acceptors (Lipinski definition) is 4. The van der Waals surface area contributed by atoms with Gasteiger partial charge in [-0.1, -0.05) is 53.7 Å². The van der Waals surface area contributed by atoms with Crippen molar-refractivity contribution in [3.05, 3.63) is 69.5 Å². The van der Waals surface area contributed by atoms with Crippen LogP contribution in [0.2, 0.25) is 5.02 Å². The van der Waals surface area contributed by atoms with Gasteiger partial charge in [-0.2, -0.15) is 0 Å². The molecule has 134 valence electrons. The molecule has 0 saturated carbocycles. The smallest absolute Gasteiger partial charge is 0.262 e. The van der Waals surface area contributed by atoms with Gasteiger partial charge in [0.2, 0.25) is 0 Å². The summed E-state index contributed by atoms with van der Waals surface area (Å²) >= 11 is 7.90. The first-order valence-electron chi connectivity index (χ1n) is 8.70. The second kappa shape index (κ2) is 7.82. The molecule has 0 N–H and O–H groups in total. The third-order valence-electron chi connectivity index (χ3n) is 4.54. The van der Waals surface area contributed by atoms with Crippen molar-refractivity contribution in [2.24, 2.45) is 0 Å². The number of fused-ring (bicyclic) bond motifs is 1. The van der Waals surface area contributed by atoms with Gasteiger partial charge in [0.1, 0.15) is 0 Å². The Morgan fingerprint density at radius 2 is 2.00 bits per heavy atom. The van der Waals surface area contributed by atoms with E-state index in [4.69, 9.17) is 21.3 Å². The number of hydrogen-bond donors (Lipinski definition) is 0. The van der Waals surface area contributed by atoms with Gasteiger partial charge in [0.15, 0.2) is 5.16 Å². The topological polar surface area (TPSA) is 44.1 Å². The van der Waals surface area contributed by atoms with Gasteiger partial charge in [0.25, 0.3) is 5.56 Å². The molecule has 1 aliphatic heterocycles. The van der Waals surface area contributed by atoms with Crippen molar-refractivity contribution in [2.45, 2.75) is 30.6 Å². The van der Waals surface area contributed by atoms with E-state index in [-0.39, 0.29) is 11.7 Å². The maximum atomic E-state index is 13.1. The first kappa shape index (κ1) is 17.6. The van der Waals surface area contributed by atoms with Crippen molar-refractivity contribution >= 4 is 34.3 Å². The van der Waals surface area contributed by atoms with Gasteiger partial charge in [-0.25, -0.2) is 4.98 Å². The summed E-state index contributed by atoms with van der Waals surface area (Å²) < 4.78 is 7.44. The third kappa shape index (κ3) is 3.65. The van der Waals surface area contributed by atoms with Crippen molar-refractivity contribution in [3.8, 4) is 0 Å². The van der Waals surface area contributed by atoms with Gasteiger partial charge in [-0.15, -0.1) is 0 Å². The molecule has 6 heteroatoms. The summed E-state index contributed by atoms with van der Waals surface area (Å²) in [5, 5.41) is 1.99. The molecule has 1 aliphatic rings. The first-order valence-corrected chi connectivity index (χ1v) is 10.1. The molecule has 4 rings (SSSR count). The van der Waals surface area contributed by atoms with Crippen molar-refractivity contribution < 1.29 is 4.74 Å². The van der Waals surface area contributed by atoms with Crippen LogP contribution in [0, 0.1) is 0 Å². The van der Waals surface area contributed by atoms with Gasteiger partial charge in [-0.3, -0.25) is 9.36 Å². The minimum Gasteiger partial charge on any atom is -0.377 e. The Kier molecular flexibility index (Phi) is 5.29. The Bertz CT molecular complexity index is 983. The van der Waals surface area contributed by atoms with E-state index in [0.29, 0.717) is 22.1 Å². The van der Waals surface area contributed by atoms with Crippen molar-refractivity contribution in [3.63, 3.8) is 0 Å². The molecule has 1 aromatic heterocycles. The molecule has 2 heterocycles. The number of para-hydroxylation sites is 1. The molecule has 0 amide bonds. The second-order valence-corrected chi connectivity index (χ2v) is 7.73. The van der Waals surface area contributed by atoms with Gasteiger partial charge in [0.05, 0.1) is 23.6 Å². The molecule has 0 aliphatic carbocycles. The molecule has 0 radical (unpaired) electrons. The van der Waals surface area contributed by atoms with Crippen LogP contribution >= 0.6 is 23.4 Å². The van der Waals surface area contributed by atoms with Crippen LogP contribution in [0.5, 0.6) is 0 Å². The zero-order valence-electron chi connectivity index (χ0n) is 14.2. The lowest BCUT2D eigenvalue weighted by atomic mass is 10.2. The molecular weight excluding hydrogens is 368 g/mol. The second-order valence-electron chi connectivity index (χ2n) is 6.34. The molecular formula is C20H19ClN2O2S. The van der Waals surface area contributed by atoms with Crippen LogP contribution < -0.4 is 5.56 Å². The Balaban J connectivity index is 1.74. The van der Waals surface area contributed by atoms with Crippen LogP contribution in [0.1, 0.15) is 18.4 Å². The van der Waals surface area contributed by atoms with Gasteiger partial charge in [-0.05, 0) is 36.6 Å². The molecule has 1 fully saturated rings. The zero-order chi connectivity index (χ0) is 17.9. The first-order chi connectivity index (χ1) is 12.7. The SMILES string of the molecule is O=c1c2ccccc2nc(SCC2CCCO2)n1Cc1ccccc1Cl. The summed E-state index contributed by atoms with van der Waals surface area (Å²) in [6, 6.07) is 15.1. The normalized spacial score (nSPS) is 17.0. The van der Waals surface area contributed by atoms with E-state index in [1.807, 2.05) is 48.5 Å². The van der Waals surface area contributed by atoms with E-state index < -0.39 is 0 Å². The summed E-state index contributed by atoms with van der Waals surface area (Å²) in [7, 11) is 0. The number of aromatic nitrogens is 2. The number of nitrogens with zero attached hydrogens (tertiary/aromatic N) is 2. The van der Waals surface area contributed by atoms with Crippen LogP contribution in [0.3, 0.4) is 0 Å². The summed E-state index contributed by atoms with van der Waals surface area (Å²) in [6.45, 7) is 1.23. The van der Waals surface area contributed by atoms with Crippen molar-refractivity contribution in [1.29, 1.82) is 0 Å². The Morgan fingerprint density at radius 3 is 2.81 bits per heavy atom. The van der Waals surface area contributed by atoms with Crippen LogP contribution in [-0.2, 0) is 11.3 Å². The predicted molar refractivity (Wildman–Crippen MR) is 106 cm³/mol. The average Bonchev–Trinajstić information content (AvgIpc) is 3.18. The molecule has 4 nitrogen and oxygen atoms in total. The molecule has 1 saturated heterocycles. The number of thioether (sulfide) groups is 1. The highest BCUT2D eigenvalue weighted by atomic mass is 35.5. The molecule has 26 heavy (non-hydrogen) atoms. The quantitative estimate of drug-likeness (QED) is 0.482. The maximum Gasteiger partial charge on any atom is 0.262 e. The number of ether oxygens (including phenoxy) is 1. The summed E-state index contributed by atoms with van der Waals surface area (Å²) in [6.07, 6.45) is 2.40. The number of halogens is 1. The van der Waals surface area contributed by atoms with E-state index in [9.17, 15) is 4.79 Å². The molecule has 3 aromatic rings. The van der Waals surface area contributed by atoms with E-state index in [2.05, 4.69) is 0 Å². The monoisotopic (exact) mass is 386 g/mol. The lowest BCUT2D eigenvalue weighted by molar-refractivity contribution is 0.129. The van der Waals surface area contributed by atoms with Gasteiger partial charge >= 0.3 is 0 Å². The minimum absolute atomic E-state index is 0.0367. The van der Waals surface area contributed by atoms with E-state index in [1.54, 1.807) is 16.3 Å². The molecule has 2 aromatic carbocycles. The standard InChI is InChI=1S/C20H19ClN2O2S/c21-17-9-3-1-6-14(17)12-23-19(24)16-8-2-4-10-18(16)22-20(23)26-13-15-7-5-11-25-15/h1-4,6,8-10,15H,5,7,11-13H2. The average molecular weight is 387 g/mol. The molecule has 1 atom stereocenters.